The molecule has 2 aliphatic rings. The van der Waals surface area contributed by atoms with E-state index in [1.807, 2.05) is 0 Å². The zero-order chi connectivity index (χ0) is 25.4. The standard InChI is InChI=1S/C24H24F6N2O3/c1-22(4-6-31-7-5-22)21(33)32-18(15-2-3-19-20(11-15)35-13-34-19)10-14-8-16(23(25,26)27)12-17(9-14)24(28,29)30/h2-3,8-9,11-12,18,31H,4-7,10,13H2,1H3,(H,32,33). The van der Waals surface area contributed by atoms with Gasteiger partial charge in [-0.3, -0.25) is 4.79 Å². The molecule has 2 N–H and O–H groups in total. The smallest absolute Gasteiger partial charge is 0.416 e. The van der Waals surface area contributed by atoms with Crippen LogP contribution in [0.3, 0.4) is 0 Å². The Morgan fingerprint density at radius 1 is 0.971 bits per heavy atom. The van der Waals surface area contributed by atoms with Gasteiger partial charge in [-0.15, -0.1) is 0 Å². The van der Waals surface area contributed by atoms with Crippen molar-refractivity contribution in [2.24, 2.45) is 5.41 Å². The molecular formula is C24H24F6N2O3. The molecule has 11 heteroatoms. The summed E-state index contributed by atoms with van der Waals surface area (Å²) in [6.07, 6.45) is -9.11. The van der Waals surface area contributed by atoms with Crippen LogP contribution in [-0.2, 0) is 23.6 Å². The summed E-state index contributed by atoms with van der Waals surface area (Å²) in [6, 6.07) is 5.36. The van der Waals surface area contributed by atoms with Crippen LogP contribution in [0.15, 0.2) is 36.4 Å². The van der Waals surface area contributed by atoms with Crippen LogP contribution in [-0.4, -0.2) is 25.8 Å². The van der Waals surface area contributed by atoms with Gasteiger partial charge in [0, 0.05) is 5.41 Å². The minimum atomic E-state index is -4.96. The van der Waals surface area contributed by atoms with Crippen LogP contribution in [0.2, 0.25) is 0 Å². The van der Waals surface area contributed by atoms with Crippen molar-refractivity contribution in [3.8, 4) is 11.5 Å². The fraction of sp³-hybridized carbons (Fsp3) is 0.458. The number of nitrogens with one attached hydrogen (secondary N) is 2. The topological polar surface area (TPSA) is 59.6 Å². The molecule has 190 valence electrons. The van der Waals surface area contributed by atoms with E-state index in [0.29, 0.717) is 55.1 Å². The summed E-state index contributed by atoms with van der Waals surface area (Å²) in [5, 5.41) is 6.04. The van der Waals surface area contributed by atoms with Gasteiger partial charge >= 0.3 is 12.4 Å². The lowest BCUT2D eigenvalue weighted by molar-refractivity contribution is -0.143. The van der Waals surface area contributed by atoms with Crippen molar-refractivity contribution in [1.29, 1.82) is 0 Å². The molecule has 1 saturated heterocycles. The molecule has 1 amide bonds. The van der Waals surface area contributed by atoms with Gasteiger partial charge in [0.15, 0.2) is 11.5 Å². The van der Waals surface area contributed by atoms with E-state index in [1.165, 1.54) is 0 Å². The van der Waals surface area contributed by atoms with Crippen molar-refractivity contribution < 1.29 is 40.6 Å². The van der Waals surface area contributed by atoms with Crippen molar-refractivity contribution in [3.05, 3.63) is 58.7 Å². The van der Waals surface area contributed by atoms with Gasteiger partial charge in [0.1, 0.15) is 0 Å². The van der Waals surface area contributed by atoms with Crippen molar-refractivity contribution in [2.45, 2.75) is 44.6 Å². The highest BCUT2D eigenvalue weighted by atomic mass is 19.4. The molecule has 0 saturated carbocycles. The Hall–Kier alpha value is -2.95. The average molecular weight is 502 g/mol. The van der Waals surface area contributed by atoms with Gasteiger partial charge in [0.25, 0.3) is 0 Å². The minimum Gasteiger partial charge on any atom is -0.454 e. The molecule has 1 unspecified atom stereocenters. The van der Waals surface area contributed by atoms with Crippen LogP contribution in [0, 0.1) is 5.41 Å². The average Bonchev–Trinajstić information content (AvgIpc) is 3.25. The van der Waals surface area contributed by atoms with E-state index in [-0.39, 0.29) is 30.8 Å². The molecule has 1 atom stereocenters. The third kappa shape index (κ3) is 5.66. The maximum absolute atomic E-state index is 13.4. The number of ether oxygens (including phenoxy) is 2. The van der Waals surface area contributed by atoms with E-state index in [1.54, 1.807) is 25.1 Å². The Kier molecular flexibility index (Phi) is 6.65. The van der Waals surface area contributed by atoms with E-state index < -0.39 is 34.9 Å². The third-order valence-electron chi connectivity index (χ3n) is 6.45. The molecule has 0 aromatic heterocycles. The first-order valence-electron chi connectivity index (χ1n) is 11.0. The van der Waals surface area contributed by atoms with Crippen molar-refractivity contribution >= 4 is 5.91 Å². The van der Waals surface area contributed by atoms with Crippen LogP contribution in [0.4, 0.5) is 26.3 Å². The number of fused-ring (bicyclic) bond motifs is 1. The van der Waals surface area contributed by atoms with Gasteiger partial charge in [-0.1, -0.05) is 13.0 Å². The monoisotopic (exact) mass is 502 g/mol. The molecule has 5 nitrogen and oxygen atoms in total. The zero-order valence-corrected chi connectivity index (χ0v) is 18.8. The van der Waals surface area contributed by atoms with Gasteiger partial charge in [-0.05, 0) is 73.8 Å². The summed E-state index contributed by atoms with van der Waals surface area (Å²) in [6.45, 7) is 3.04. The molecule has 2 aromatic rings. The van der Waals surface area contributed by atoms with Crippen molar-refractivity contribution in [2.75, 3.05) is 19.9 Å². The number of rotatable bonds is 5. The summed E-state index contributed by atoms with van der Waals surface area (Å²) in [4.78, 5) is 13.2. The molecule has 0 bridgehead atoms. The number of carbonyl (C=O) groups is 1. The first-order chi connectivity index (χ1) is 16.3. The summed E-state index contributed by atoms with van der Waals surface area (Å²) in [5.74, 6) is 0.530. The summed E-state index contributed by atoms with van der Waals surface area (Å²) in [5.41, 5.74) is -3.24. The van der Waals surface area contributed by atoms with Crippen LogP contribution in [0.5, 0.6) is 11.5 Å². The first-order valence-corrected chi connectivity index (χ1v) is 11.0. The van der Waals surface area contributed by atoms with E-state index in [4.69, 9.17) is 9.47 Å². The van der Waals surface area contributed by atoms with E-state index in [0.717, 1.165) is 0 Å². The molecule has 2 aromatic carbocycles. The lowest BCUT2D eigenvalue weighted by atomic mass is 9.79. The Balaban J connectivity index is 1.71. The highest BCUT2D eigenvalue weighted by Gasteiger charge is 2.38. The highest BCUT2D eigenvalue weighted by Crippen LogP contribution is 2.39. The van der Waals surface area contributed by atoms with Crippen LogP contribution in [0.25, 0.3) is 0 Å². The Morgan fingerprint density at radius 2 is 1.57 bits per heavy atom. The molecule has 0 radical (unpaired) electrons. The predicted molar refractivity (Wildman–Crippen MR) is 114 cm³/mol. The van der Waals surface area contributed by atoms with Crippen molar-refractivity contribution in [1.82, 2.24) is 10.6 Å². The number of amides is 1. The van der Waals surface area contributed by atoms with Gasteiger partial charge < -0.3 is 20.1 Å². The number of benzene rings is 2. The largest absolute Gasteiger partial charge is 0.454 e. The number of piperidine rings is 1. The van der Waals surface area contributed by atoms with E-state index >= 15 is 0 Å². The van der Waals surface area contributed by atoms with Gasteiger partial charge in [-0.25, -0.2) is 0 Å². The fourth-order valence-corrected chi connectivity index (χ4v) is 4.29. The first kappa shape index (κ1) is 25.2. The number of alkyl halides is 6. The number of hydrogen-bond acceptors (Lipinski definition) is 4. The SMILES string of the molecule is CC1(C(=O)NC(Cc2cc(C(F)(F)F)cc(C(F)(F)F)c2)c2ccc3c(c2)OCO3)CCNCC1. The second kappa shape index (κ2) is 9.25. The number of halogens is 6. The summed E-state index contributed by atoms with van der Waals surface area (Å²) < 4.78 is 90.9. The predicted octanol–water partition coefficient (Wildman–Crippen LogP) is 5.24. The number of hydrogen-bond donors (Lipinski definition) is 2. The maximum atomic E-state index is 13.4. The van der Waals surface area contributed by atoms with Crippen molar-refractivity contribution in [3.63, 3.8) is 0 Å². The van der Waals surface area contributed by atoms with Gasteiger partial charge in [0.05, 0.1) is 17.2 Å². The van der Waals surface area contributed by atoms with E-state index in [9.17, 15) is 31.1 Å². The quantitative estimate of drug-likeness (QED) is 0.549. The molecule has 4 rings (SSSR count). The highest BCUT2D eigenvalue weighted by molar-refractivity contribution is 5.83. The zero-order valence-electron chi connectivity index (χ0n) is 18.8. The molecule has 1 fully saturated rings. The Bertz CT molecular complexity index is 1060. The van der Waals surface area contributed by atoms with Crippen LogP contribution in [0.1, 0.15) is 48.1 Å². The fourth-order valence-electron chi connectivity index (χ4n) is 4.29. The molecule has 35 heavy (non-hydrogen) atoms. The molecule has 2 heterocycles. The van der Waals surface area contributed by atoms with E-state index in [2.05, 4.69) is 10.6 Å². The van der Waals surface area contributed by atoms with Gasteiger partial charge in [0.2, 0.25) is 12.7 Å². The maximum Gasteiger partial charge on any atom is 0.416 e. The number of carbonyl (C=O) groups excluding carboxylic acids is 1. The summed E-state index contributed by atoms with van der Waals surface area (Å²) >= 11 is 0. The molecular weight excluding hydrogens is 478 g/mol. The molecule has 2 aliphatic heterocycles. The third-order valence-corrected chi connectivity index (χ3v) is 6.45. The molecule has 0 aliphatic carbocycles. The Labute approximate surface area is 197 Å². The van der Waals surface area contributed by atoms with Crippen LogP contribution >= 0.6 is 0 Å². The normalized spacial score (nSPS) is 18.3. The minimum absolute atomic E-state index is 0.0105. The second-order valence-corrected chi connectivity index (χ2v) is 9.07. The Morgan fingerprint density at radius 3 is 2.17 bits per heavy atom. The molecule has 0 spiro atoms. The van der Waals surface area contributed by atoms with Crippen LogP contribution < -0.4 is 20.1 Å². The van der Waals surface area contributed by atoms with Gasteiger partial charge in [-0.2, -0.15) is 26.3 Å². The lowest BCUT2D eigenvalue weighted by Crippen LogP contribution is -2.47. The second-order valence-electron chi connectivity index (χ2n) is 9.07. The lowest BCUT2D eigenvalue weighted by Gasteiger charge is -2.34. The summed E-state index contributed by atoms with van der Waals surface area (Å²) in [7, 11) is 0.